The fourth-order valence-corrected chi connectivity index (χ4v) is 3.26. The number of phosphoric ester groups is 1. The molecule has 0 heterocycles. The molecule has 0 aliphatic carbocycles. The molecule has 0 saturated carbocycles. The van der Waals surface area contributed by atoms with Gasteiger partial charge in [-0.3, -0.25) is 4.52 Å². The Hall–Kier alpha value is -0.270. The number of quaternary nitrogens is 1. The second kappa shape index (κ2) is 22.4. The van der Waals surface area contributed by atoms with Gasteiger partial charge in [-0.25, -0.2) is 4.57 Å². The summed E-state index contributed by atoms with van der Waals surface area (Å²) >= 11 is 0. The largest absolute Gasteiger partial charge is 0.849 e. The second-order valence-corrected chi connectivity index (χ2v) is 8.66. The number of phosphoric acid groups is 1. The van der Waals surface area contributed by atoms with Crippen molar-refractivity contribution < 1.29 is 28.7 Å². The van der Waals surface area contributed by atoms with Gasteiger partial charge in [0.2, 0.25) is 0 Å². The molecule has 1 atom stereocenters. The Bertz CT molecular complexity index is 403. The van der Waals surface area contributed by atoms with Crippen LogP contribution in [0.25, 0.3) is 0 Å². The minimum absolute atomic E-state index is 0. The van der Waals surface area contributed by atoms with Gasteiger partial charge in [0.15, 0.2) is 0 Å². The van der Waals surface area contributed by atoms with E-state index in [2.05, 4.69) is 23.6 Å². The minimum Gasteiger partial charge on any atom is -0.849 e. The number of hydrogen-bond donors (Lipinski definition) is 3. The first-order valence-corrected chi connectivity index (χ1v) is 12.6. The number of unbranched alkanes of at least 4 members (excludes halogenated alkanes) is 12. The van der Waals surface area contributed by atoms with Gasteiger partial charge >= 0.3 is 7.82 Å². The zero-order valence-electron chi connectivity index (χ0n) is 18.7. The van der Waals surface area contributed by atoms with Crippen LogP contribution in [-0.2, 0) is 13.8 Å². The molecule has 6 N–H and O–H groups in total. The lowest BCUT2D eigenvalue weighted by atomic mass is 10.1. The summed E-state index contributed by atoms with van der Waals surface area (Å²) in [7, 11) is -4.56. The number of allylic oxidation sites excluding steroid dienone is 2. The van der Waals surface area contributed by atoms with E-state index in [9.17, 15) is 9.67 Å². The number of hydrogen-bond acceptors (Lipinski definition) is 4. The van der Waals surface area contributed by atoms with E-state index in [1.807, 2.05) is 0 Å². The van der Waals surface area contributed by atoms with Gasteiger partial charge in [0.05, 0.1) is 0 Å². The van der Waals surface area contributed by atoms with Crippen LogP contribution in [0.4, 0.5) is 0 Å². The molecule has 0 fully saturated rings. The van der Waals surface area contributed by atoms with E-state index in [-0.39, 0.29) is 12.8 Å². The molecule has 0 bridgehead atoms. The van der Waals surface area contributed by atoms with Crippen molar-refractivity contribution in [3.05, 3.63) is 12.2 Å². The van der Waals surface area contributed by atoms with Crippen LogP contribution in [0, 0.1) is 0 Å². The zero-order valence-corrected chi connectivity index (χ0v) is 19.6. The van der Waals surface area contributed by atoms with Crippen LogP contribution in [0.15, 0.2) is 12.2 Å². The van der Waals surface area contributed by atoms with Crippen molar-refractivity contribution in [1.82, 2.24) is 6.15 Å². The van der Waals surface area contributed by atoms with Crippen LogP contribution in [0.5, 0.6) is 0 Å². The van der Waals surface area contributed by atoms with Crippen LogP contribution in [0.2, 0.25) is 0 Å². The molecule has 0 spiro atoms. The van der Waals surface area contributed by atoms with E-state index < -0.39 is 20.5 Å². The summed E-state index contributed by atoms with van der Waals surface area (Å²) < 4.78 is 19.8. The van der Waals surface area contributed by atoms with Crippen LogP contribution in [0.1, 0.15) is 96.8 Å². The Morgan fingerprint density at radius 3 is 1.83 bits per heavy atom. The standard InChI is InChI=1S/C21H42O6P.H3N/c1-2-3-4-5-6-7-8-9-10-11-12-13-14-15-16-17-18-26-19-21(22)20-27-28(23,24)25;/h9-10,21H,2-8,11-20H2,1H3,(H2,23,24,25);1H3/q-1;/p+1/b10-9+;. The summed E-state index contributed by atoms with van der Waals surface area (Å²) in [4.78, 5) is 17.0. The summed E-state index contributed by atoms with van der Waals surface area (Å²) in [6.07, 6.45) is 20.9. The van der Waals surface area contributed by atoms with E-state index >= 15 is 0 Å². The molecule has 0 radical (unpaired) electrons. The molecule has 0 rings (SSSR count). The first-order chi connectivity index (χ1) is 13.5. The Morgan fingerprint density at radius 1 is 0.828 bits per heavy atom. The molecule has 0 amide bonds. The second-order valence-electron chi connectivity index (χ2n) is 7.42. The van der Waals surface area contributed by atoms with Gasteiger partial charge in [0, 0.05) is 19.8 Å². The highest BCUT2D eigenvalue weighted by atomic mass is 31.2. The van der Waals surface area contributed by atoms with E-state index in [1.54, 1.807) is 0 Å². The first kappa shape index (κ1) is 30.9. The molecule has 29 heavy (non-hydrogen) atoms. The third-order valence-electron chi connectivity index (χ3n) is 4.53. The predicted molar refractivity (Wildman–Crippen MR) is 118 cm³/mol. The smallest absolute Gasteiger partial charge is 0.469 e. The fraction of sp³-hybridized carbons (Fsp3) is 0.905. The SMILES string of the molecule is CCCCCCCC/C=C/CCCCCCCCOCC([O-])COP(=O)(O)O.[NH4+]. The van der Waals surface area contributed by atoms with Crippen molar-refractivity contribution in [1.29, 1.82) is 0 Å². The quantitative estimate of drug-likeness (QED) is 0.127. The molecule has 7 nitrogen and oxygen atoms in total. The maximum Gasteiger partial charge on any atom is 0.469 e. The van der Waals surface area contributed by atoms with Crippen molar-refractivity contribution >= 4 is 7.82 Å². The average Bonchev–Trinajstić information content (AvgIpc) is 2.65. The normalized spacial score (nSPS) is 13.0. The van der Waals surface area contributed by atoms with Gasteiger partial charge in [-0.05, 0) is 32.1 Å². The predicted octanol–water partition coefficient (Wildman–Crippen LogP) is 5.25. The molecule has 0 aromatic rings. The molecule has 0 aliphatic heterocycles. The number of rotatable bonds is 21. The molecule has 0 aliphatic rings. The topological polar surface area (TPSA) is 136 Å². The average molecular weight is 440 g/mol. The highest BCUT2D eigenvalue weighted by Crippen LogP contribution is 2.35. The number of ether oxygens (including phenoxy) is 1. The molecule has 1 unspecified atom stereocenters. The fourth-order valence-electron chi connectivity index (χ4n) is 2.89. The lowest BCUT2D eigenvalue weighted by Crippen LogP contribution is -2.35. The lowest BCUT2D eigenvalue weighted by Gasteiger charge is -2.21. The first-order valence-electron chi connectivity index (χ1n) is 11.0. The van der Waals surface area contributed by atoms with Crippen LogP contribution in [-0.4, -0.2) is 35.7 Å². The monoisotopic (exact) mass is 439 g/mol. The third-order valence-corrected chi connectivity index (χ3v) is 5.02. The molecular weight excluding hydrogens is 393 g/mol. The van der Waals surface area contributed by atoms with E-state index in [4.69, 9.17) is 14.5 Å². The van der Waals surface area contributed by atoms with Crippen molar-refractivity contribution in [3.63, 3.8) is 0 Å². The summed E-state index contributed by atoms with van der Waals surface area (Å²) in [5.41, 5.74) is 0. The molecule has 0 aromatic heterocycles. The lowest BCUT2D eigenvalue weighted by molar-refractivity contribution is -0.431. The van der Waals surface area contributed by atoms with E-state index in [0.717, 1.165) is 12.8 Å². The summed E-state index contributed by atoms with van der Waals surface area (Å²) in [5, 5.41) is 11.3. The summed E-state index contributed by atoms with van der Waals surface area (Å²) in [5.74, 6) is 0. The van der Waals surface area contributed by atoms with Gasteiger partial charge in [-0.1, -0.05) is 83.0 Å². The molecule has 0 saturated heterocycles. The summed E-state index contributed by atoms with van der Waals surface area (Å²) in [6.45, 7) is 2.15. The molecule has 0 aromatic carbocycles. The van der Waals surface area contributed by atoms with Crippen LogP contribution in [0.3, 0.4) is 0 Å². The van der Waals surface area contributed by atoms with Gasteiger partial charge in [0.1, 0.15) is 0 Å². The van der Waals surface area contributed by atoms with Crippen molar-refractivity contribution in [3.8, 4) is 0 Å². The van der Waals surface area contributed by atoms with Gasteiger partial charge in [0.25, 0.3) is 0 Å². The maximum absolute atomic E-state index is 11.3. The third kappa shape index (κ3) is 27.7. The van der Waals surface area contributed by atoms with E-state index in [0.29, 0.717) is 6.61 Å². The molecule has 8 heteroatoms. The highest BCUT2D eigenvalue weighted by molar-refractivity contribution is 7.46. The Morgan fingerprint density at radius 2 is 1.31 bits per heavy atom. The summed E-state index contributed by atoms with van der Waals surface area (Å²) in [6, 6.07) is 0. The maximum atomic E-state index is 11.3. The van der Waals surface area contributed by atoms with Crippen LogP contribution < -0.4 is 11.3 Å². The Balaban J connectivity index is 0. The zero-order chi connectivity index (χ0) is 20.9. The van der Waals surface area contributed by atoms with Gasteiger partial charge in [-0.2, -0.15) is 0 Å². The van der Waals surface area contributed by atoms with Crippen LogP contribution >= 0.6 is 7.82 Å². The van der Waals surface area contributed by atoms with E-state index in [1.165, 1.54) is 77.0 Å². The van der Waals surface area contributed by atoms with Gasteiger partial charge in [-0.15, -0.1) is 0 Å². The highest BCUT2D eigenvalue weighted by Gasteiger charge is 2.13. The van der Waals surface area contributed by atoms with Crippen molar-refractivity contribution in [2.75, 3.05) is 19.8 Å². The van der Waals surface area contributed by atoms with Gasteiger partial charge < -0.3 is 25.8 Å². The molecular formula is C21H46NO6P. The van der Waals surface area contributed by atoms with Crippen molar-refractivity contribution in [2.45, 2.75) is 103 Å². The molecule has 176 valence electrons. The Labute approximate surface area is 178 Å². The van der Waals surface area contributed by atoms with Crippen molar-refractivity contribution in [2.24, 2.45) is 0 Å². The minimum atomic E-state index is -4.56. The Kier molecular flexibility index (Phi) is 23.9.